The fraction of sp³-hybridized carbons (Fsp3) is 0.250. The van der Waals surface area contributed by atoms with Crippen LogP contribution in [0.25, 0.3) is 0 Å². The minimum atomic E-state index is -0.456. The van der Waals surface area contributed by atoms with Crippen LogP contribution >= 0.6 is 11.3 Å². The normalized spacial score (nSPS) is 11.2. The molecule has 4 N–H and O–H groups in total. The van der Waals surface area contributed by atoms with E-state index in [1.807, 2.05) is 19.2 Å². The third kappa shape index (κ3) is 3.03. The Bertz CT molecular complexity index is 612. The van der Waals surface area contributed by atoms with Crippen LogP contribution in [0.2, 0.25) is 0 Å². The SMILES string of the molecule is CC(C)(Nc1cc(NN)cc([N+](=O)[O-])c1)c1nccs1. The lowest BCUT2D eigenvalue weighted by Gasteiger charge is -2.25. The van der Waals surface area contributed by atoms with Gasteiger partial charge in [0.05, 0.1) is 16.1 Å². The average molecular weight is 293 g/mol. The lowest BCUT2D eigenvalue weighted by molar-refractivity contribution is -0.384. The zero-order valence-electron chi connectivity index (χ0n) is 11.1. The maximum absolute atomic E-state index is 10.9. The van der Waals surface area contributed by atoms with Gasteiger partial charge in [-0.1, -0.05) is 0 Å². The van der Waals surface area contributed by atoms with Crippen LogP contribution in [0.1, 0.15) is 18.9 Å². The number of anilines is 2. The van der Waals surface area contributed by atoms with Gasteiger partial charge in [-0.2, -0.15) is 0 Å². The van der Waals surface area contributed by atoms with E-state index in [0.717, 1.165) is 5.01 Å². The number of nitro benzene ring substituents is 1. The first-order valence-electron chi connectivity index (χ1n) is 5.86. The van der Waals surface area contributed by atoms with Crippen molar-refractivity contribution in [2.45, 2.75) is 19.4 Å². The number of benzene rings is 1. The maximum atomic E-state index is 10.9. The number of nitrogens with one attached hydrogen (secondary N) is 2. The second kappa shape index (κ2) is 5.43. The molecule has 0 saturated carbocycles. The standard InChI is InChI=1S/C12H15N5O2S/c1-12(2,11-14-3-4-20-11)15-8-5-9(16-13)7-10(6-8)17(18)19/h3-7,15-16H,13H2,1-2H3. The van der Waals surface area contributed by atoms with Gasteiger partial charge in [0.2, 0.25) is 0 Å². The van der Waals surface area contributed by atoms with Crippen LogP contribution in [0.5, 0.6) is 0 Å². The molecule has 0 saturated heterocycles. The number of hydrazine groups is 1. The molecule has 0 bridgehead atoms. The summed E-state index contributed by atoms with van der Waals surface area (Å²) in [5, 5.41) is 16.9. The number of nitrogens with zero attached hydrogens (tertiary/aromatic N) is 2. The predicted octanol–water partition coefficient (Wildman–Crippen LogP) is 2.68. The van der Waals surface area contributed by atoms with Gasteiger partial charge in [-0.15, -0.1) is 11.3 Å². The molecule has 1 heterocycles. The van der Waals surface area contributed by atoms with E-state index in [4.69, 9.17) is 5.84 Å². The molecular formula is C12H15N5O2S. The molecule has 0 atom stereocenters. The Morgan fingerprint density at radius 1 is 1.35 bits per heavy atom. The molecule has 0 spiro atoms. The van der Waals surface area contributed by atoms with Gasteiger partial charge in [0, 0.05) is 29.4 Å². The van der Waals surface area contributed by atoms with Crippen molar-refractivity contribution in [3.63, 3.8) is 0 Å². The molecule has 7 nitrogen and oxygen atoms in total. The van der Waals surface area contributed by atoms with Crippen molar-refractivity contribution >= 4 is 28.4 Å². The molecule has 2 aromatic rings. The summed E-state index contributed by atoms with van der Waals surface area (Å²) >= 11 is 1.52. The third-order valence-corrected chi connectivity index (χ3v) is 3.82. The summed E-state index contributed by atoms with van der Waals surface area (Å²) in [6, 6.07) is 4.56. The summed E-state index contributed by atoms with van der Waals surface area (Å²) in [4.78, 5) is 14.7. The number of nitrogens with two attached hydrogens (primary N) is 1. The zero-order valence-corrected chi connectivity index (χ0v) is 11.9. The number of nitrogen functional groups attached to an aromatic ring is 1. The third-order valence-electron chi connectivity index (χ3n) is 2.72. The van der Waals surface area contributed by atoms with Crippen LogP contribution in [0.15, 0.2) is 29.8 Å². The van der Waals surface area contributed by atoms with Crippen LogP contribution in [-0.4, -0.2) is 9.91 Å². The van der Waals surface area contributed by atoms with Crippen LogP contribution in [0.4, 0.5) is 17.1 Å². The quantitative estimate of drug-likeness (QED) is 0.444. The van der Waals surface area contributed by atoms with Crippen LogP contribution in [-0.2, 0) is 5.54 Å². The molecule has 0 aliphatic carbocycles. The second-order valence-electron chi connectivity index (χ2n) is 4.76. The Morgan fingerprint density at radius 3 is 2.60 bits per heavy atom. The molecule has 1 aromatic carbocycles. The van der Waals surface area contributed by atoms with Crippen molar-refractivity contribution in [1.82, 2.24) is 4.98 Å². The smallest absolute Gasteiger partial charge is 0.273 e. The van der Waals surface area contributed by atoms with Gasteiger partial charge in [-0.25, -0.2) is 4.98 Å². The average Bonchev–Trinajstić information content (AvgIpc) is 2.92. The summed E-state index contributed by atoms with van der Waals surface area (Å²) in [5.41, 5.74) is 3.03. The Balaban J connectivity index is 2.33. The predicted molar refractivity (Wildman–Crippen MR) is 79.7 cm³/mol. The van der Waals surface area contributed by atoms with E-state index in [0.29, 0.717) is 11.4 Å². The summed E-state index contributed by atoms with van der Waals surface area (Å²) in [7, 11) is 0. The van der Waals surface area contributed by atoms with Gasteiger partial charge < -0.3 is 10.7 Å². The van der Waals surface area contributed by atoms with Crippen molar-refractivity contribution in [2.24, 2.45) is 5.84 Å². The Labute approximate surface area is 120 Å². The molecule has 8 heteroatoms. The number of nitro groups is 1. The van der Waals surface area contributed by atoms with Gasteiger partial charge >= 0.3 is 0 Å². The number of aromatic nitrogens is 1. The van der Waals surface area contributed by atoms with Crippen molar-refractivity contribution < 1.29 is 4.92 Å². The Hall–Kier alpha value is -2.19. The molecule has 0 aliphatic heterocycles. The lowest BCUT2D eigenvalue weighted by atomic mass is 10.1. The van der Waals surface area contributed by atoms with Crippen LogP contribution < -0.4 is 16.6 Å². The monoisotopic (exact) mass is 293 g/mol. The first-order chi connectivity index (χ1) is 9.42. The molecular weight excluding hydrogens is 278 g/mol. The number of hydrogen-bond donors (Lipinski definition) is 3. The van der Waals surface area contributed by atoms with E-state index in [-0.39, 0.29) is 5.69 Å². The first-order valence-corrected chi connectivity index (χ1v) is 6.74. The maximum Gasteiger partial charge on any atom is 0.273 e. The summed E-state index contributed by atoms with van der Waals surface area (Å²) in [6.45, 7) is 3.92. The molecule has 20 heavy (non-hydrogen) atoms. The Kier molecular flexibility index (Phi) is 3.86. The van der Waals surface area contributed by atoms with E-state index < -0.39 is 10.5 Å². The van der Waals surface area contributed by atoms with E-state index in [1.54, 1.807) is 12.3 Å². The minimum Gasteiger partial charge on any atom is -0.373 e. The van der Waals surface area contributed by atoms with Gasteiger partial charge in [-0.05, 0) is 19.9 Å². The fourth-order valence-corrected chi connectivity index (χ4v) is 2.54. The van der Waals surface area contributed by atoms with Gasteiger partial charge in [0.15, 0.2) is 0 Å². The zero-order chi connectivity index (χ0) is 14.8. The number of rotatable bonds is 5. The molecule has 0 aliphatic rings. The summed E-state index contributed by atoms with van der Waals surface area (Å²) < 4.78 is 0. The molecule has 1 aromatic heterocycles. The lowest BCUT2D eigenvalue weighted by Crippen LogP contribution is -2.27. The molecule has 0 fully saturated rings. The fourth-order valence-electron chi connectivity index (χ4n) is 1.82. The van der Waals surface area contributed by atoms with Crippen molar-refractivity contribution in [2.75, 3.05) is 10.7 Å². The van der Waals surface area contributed by atoms with E-state index in [9.17, 15) is 10.1 Å². The number of non-ortho nitro benzene ring substituents is 1. The van der Waals surface area contributed by atoms with Crippen LogP contribution in [0.3, 0.4) is 0 Å². The molecule has 0 amide bonds. The highest BCUT2D eigenvalue weighted by molar-refractivity contribution is 7.09. The van der Waals surface area contributed by atoms with Crippen molar-refractivity contribution in [3.8, 4) is 0 Å². The largest absolute Gasteiger partial charge is 0.373 e. The highest BCUT2D eigenvalue weighted by atomic mass is 32.1. The first kappa shape index (κ1) is 14.2. The minimum absolute atomic E-state index is 0.0297. The van der Waals surface area contributed by atoms with E-state index in [1.165, 1.54) is 23.5 Å². The molecule has 0 radical (unpaired) electrons. The van der Waals surface area contributed by atoms with Crippen molar-refractivity contribution in [3.05, 3.63) is 44.9 Å². The highest BCUT2D eigenvalue weighted by Crippen LogP contribution is 2.30. The molecule has 2 rings (SSSR count). The number of hydrogen-bond acceptors (Lipinski definition) is 7. The van der Waals surface area contributed by atoms with E-state index >= 15 is 0 Å². The van der Waals surface area contributed by atoms with Gasteiger partial charge in [-0.3, -0.25) is 16.0 Å². The molecule has 0 unspecified atom stereocenters. The van der Waals surface area contributed by atoms with Gasteiger partial charge in [0.25, 0.3) is 5.69 Å². The van der Waals surface area contributed by atoms with E-state index in [2.05, 4.69) is 15.7 Å². The summed E-state index contributed by atoms with van der Waals surface area (Å²) in [5.74, 6) is 5.34. The molecule has 106 valence electrons. The highest BCUT2D eigenvalue weighted by Gasteiger charge is 2.24. The van der Waals surface area contributed by atoms with Crippen molar-refractivity contribution in [1.29, 1.82) is 0 Å². The van der Waals surface area contributed by atoms with Crippen LogP contribution in [0, 0.1) is 10.1 Å². The van der Waals surface area contributed by atoms with Gasteiger partial charge in [0.1, 0.15) is 5.01 Å². The topological polar surface area (TPSA) is 106 Å². The summed E-state index contributed by atoms with van der Waals surface area (Å²) in [6.07, 6.45) is 1.73. The number of thiazole rings is 1. The second-order valence-corrected chi connectivity index (χ2v) is 5.65. The Morgan fingerprint density at radius 2 is 2.05 bits per heavy atom.